The number of rotatable bonds is 11. The molecule has 41 heavy (non-hydrogen) atoms. The highest BCUT2D eigenvalue weighted by Gasteiger charge is 2.13. The molecule has 214 valence electrons. The number of aromatic nitrogens is 1. The molecule has 0 aliphatic carbocycles. The number of nitrogens with zero attached hydrogens (tertiary/aromatic N) is 1. The third kappa shape index (κ3) is 8.10. The van der Waals surface area contributed by atoms with Crippen molar-refractivity contribution in [2.24, 2.45) is 0 Å². The van der Waals surface area contributed by atoms with Crippen LogP contribution in [0.1, 0.15) is 64.2 Å². The maximum atomic E-state index is 12.9. The number of nitrogens with one attached hydrogen (secondary N) is 1. The van der Waals surface area contributed by atoms with Crippen LogP contribution in [0.15, 0.2) is 85.1 Å². The first-order chi connectivity index (χ1) is 19.6. The summed E-state index contributed by atoms with van der Waals surface area (Å²) < 4.78 is 13.0. The zero-order chi connectivity index (χ0) is 29.4. The van der Waals surface area contributed by atoms with Gasteiger partial charge in [-0.2, -0.15) is 0 Å². The summed E-state index contributed by atoms with van der Waals surface area (Å²) in [6.45, 7) is 11.9. The van der Waals surface area contributed by atoms with Crippen molar-refractivity contribution in [3.05, 3.63) is 102 Å². The molecule has 1 heterocycles. The molecular weight excluding hydrogens is 512 g/mol. The Bertz CT molecular complexity index is 1520. The zero-order valence-corrected chi connectivity index (χ0v) is 24.7. The van der Waals surface area contributed by atoms with Crippen molar-refractivity contribution < 1.29 is 19.1 Å². The van der Waals surface area contributed by atoms with Gasteiger partial charge in [-0.05, 0) is 78.3 Å². The van der Waals surface area contributed by atoms with Crippen LogP contribution < -0.4 is 10.1 Å². The average Bonchev–Trinajstić information content (AvgIpc) is 3.33. The number of carbonyl (C=O) groups is 2. The van der Waals surface area contributed by atoms with Crippen molar-refractivity contribution in [3.63, 3.8) is 0 Å². The molecule has 0 aliphatic rings. The number of allylic oxidation sites excluding steroid dienone is 1. The summed E-state index contributed by atoms with van der Waals surface area (Å²) in [6.07, 6.45) is 4.55. The van der Waals surface area contributed by atoms with Gasteiger partial charge in [0.2, 0.25) is 5.91 Å². The first-order valence-electron chi connectivity index (χ1n) is 14.2. The molecule has 6 nitrogen and oxygen atoms in total. The Morgan fingerprint density at radius 3 is 2.46 bits per heavy atom. The number of carbonyl (C=O) groups excluding carboxylic acids is 2. The first-order valence-corrected chi connectivity index (χ1v) is 14.2. The number of hydrogen-bond acceptors (Lipinski definition) is 4. The lowest BCUT2D eigenvalue weighted by Crippen LogP contribution is -2.11. The van der Waals surface area contributed by atoms with Crippen LogP contribution in [-0.2, 0) is 26.3 Å². The van der Waals surface area contributed by atoms with E-state index < -0.39 is 0 Å². The van der Waals surface area contributed by atoms with Crippen LogP contribution in [0.4, 0.5) is 5.69 Å². The van der Waals surface area contributed by atoms with Gasteiger partial charge in [-0.25, -0.2) is 0 Å². The van der Waals surface area contributed by atoms with Crippen molar-refractivity contribution in [1.82, 2.24) is 4.57 Å². The highest BCUT2D eigenvalue weighted by molar-refractivity contribution is 6.04. The van der Waals surface area contributed by atoms with Gasteiger partial charge in [0.25, 0.3) is 0 Å². The van der Waals surface area contributed by atoms with Gasteiger partial charge in [-0.3, -0.25) is 9.59 Å². The normalized spacial score (nSPS) is 11.9. The van der Waals surface area contributed by atoms with Crippen LogP contribution >= 0.6 is 0 Å². The first kappa shape index (κ1) is 29.7. The average molecular weight is 553 g/mol. The van der Waals surface area contributed by atoms with Crippen molar-refractivity contribution in [2.45, 2.75) is 59.4 Å². The zero-order valence-electron chi connectivity index (χ0n) is 24.7. The van der Waals surface area contributed by atoms with Gasteiger partial charge in [0, 0.05) is 36.1 Å². The number of benzene rings is 3. The maximum Gasteiger partial charge on any atom is 0.305 e. The molecule has 1 amide bonds. The van der Waals surface area contributed by atoms with Crippen LogP contribution in [0.2, 0.25) is 0 Å². The number of ether oxygens (including phenoxy) is 2. The van der Waals surface area contributed by atoms with E-state index in [0.717, 1.165) is 28.6 Å². The van der Waals surface area contributed by atoms with Crippen LogP contribution in [0.25, 0.3) is 16.5 Å². The standard InChI is InChI=1S/C35H40N2O4/c1-6-40-34(39)12-9-21-41-32-11-8-7-10-30(32)36-33(38)22-25(2)27-15-18-31-28(23-27)19-20-37(31)24-26-13-16-29(17-14-26)35(3,4)5/h7-8,10-11,13-20,22-23H,6,9,12,21,24H2,1-5H3,(H,36,38)/b25-22+. The Balaban J connectivity index is 1.39. The lowest BCUT2D eigenvalue weighted by Gasteiger charge is -2.19. The molecule has 0 bridgehead atoms. The number of para-hydroxylation sites is 2. The summed E-state index contributed by atoms with van der Waals surface area (Å²) in [5.41, 5.74) is 6.32. The number of hydrogen-bond donors (Lipinski definition) is 1. The Morgan fingerprint density at radius 1 is 0.976 bits per heavy atom. The molecular formula is C35H40N2O4. The molecule has 0 saturated heterocycles. The van der Waals surface area contributed by atoms with Crippen LogP contribution in [0.3, 0.4) is 0 Å². The van der Waals surface area contributed by atoms with E-state index in [9.17, 15) is 9.59 Å². The minimum absolute atomic E-state index is 0.140. The monoisotopic (exact) mass is 552 g/mol. The molecule has 0 unspecified atom stereocenters. The summed E-state index contributed by atoms with van der Waals surface area (Å²) in [4.78, 5) is 24.4. The van der Waals surface area contributed by atoms with Gasteiger partial charge in [-0.15, -0.1) is 0 Å². The van der Waals surface area contributed by atoms with Gasteiger partial charge < -0.3 is 19.4 Å². The van der Waals surface area contributed by atoms with E-state index in [1.165, 1.54) is 11.1 Å². The van der Waals surface area contributed by atoms with Crippen LogP contribution in [0, 0.1) is 0 Å². The smallest absolute Gasteiger partial charge is 0.305 e. The lowest BCUT2D eigenvalue weighted by atomic mass is 9.87. The van der Waals surface area contributed by atoms with Crippen LogP contribution in [0.5, 0.6) is 5.75 Å². The van der Waals surface area contributed by atoms with Gasteiger partial charge in [0.05, 0.1) is 18.9 Å². The second-order valence-electron chi connectivity index (χ2n) is 11.2. The topological polar surface area (TPSA) is 69.6 Å². The third-order valence-corrected chi connectivity index (χ3v) is 6.98. The SMILES string of the molecule is CCOC(=O)CCCOc1ccccc1NC(=O)/C=C(\C)c1ccc2c(ccn2Cc2ccc(C(C)(C)C)cc2)c1. The summed E-state index contributed by atoms with van der Waals surface area (Å²) in [6, 6.07) is 24.5. The molecule has 4 rings (SSSR count). The van der Waals surface area contributed by atoms with Gasteiger partial charge >= 0.3 is 5.97 Å². The van der Waals surface area contributed by atoms with E-state index in [0.29, 0.717) is 37.5 Å². The molecule has 1 aromatic heterocycles. The van der Waals surface area contributed by atoms with Gasteiger partial charge in [0.1, 0.15) is 5.75 Å². The summed E-state index contributed by atoms with van der Waals surface area (Å²) in [7, 11) is 0. The van der Waals surface area contributed by atoms with E-state index in [-0.39, 0.29) is 17.3 Å². The minimum Gasteiger partial charge on any atom is -0.491 e. The maximum absolute atomic E-state index is 12.9. The molecule has 0 radical (unpaired) electrons. The van der Waals surface area contributed by atoms with E-state index in [2.05, 4.69) is 85.4 Å². The quantitative estimate of drug-likeness (QED) is 0.117. The second kappa shape index (κ2) is 13.4. The summed E-state index contributed by atoms with van der Waals surface area (Å²) in [5.74, 6) is 0.0898. The Kier molecular flexibility index (Phi) is 9.66. The predicted molar refractivity (Wildman–Crippen MR) is 166 cm³/mol. The molecule has 0 fully saturated rings. The molecule has 6 heteroatoms. The summed E-state index contributed by atoms with van der Waals surface area (Å²) in [5, 5.41) is 4.06. The molecule has 3 aromatic carbocycles. The van der Waals surface area contributed by atoms with Gasteiger partial charge in [0.15, 0.2) is 0 Å². The number of anilines is 1. The number of fused-ring (bicyclic) bond motifs is 1. The van der Waals surface area contributed by atoms with E-state index in [1.807, 2.05) is 19.1 Å². The molecule has 0 atom stereocenters. The molecule has 0 spiro atoms. The minimum atomic E-state index is -0.237. The van der Waals surface area contributed by atoms with Crippen molar-refractivity contribution in [3.8, 4) is 5.75 Å². The Morgan fingerprint density at radius 2 is 1.73 bits per heavy atom. The van der Waals surface area contributed by atoms with E-state index in [4.69, 9.17) is 9.47 Å². The van der Waals surface area contributed by atoms with Crippen molar-refractivity contribution in [2.75, 3.05) is 18.5 Å². The lowest BCUT2D eigenvalue weighted by molar-refractivity contribution is -0.143. The highest BCUT2D eigenvalue weighted by atomic mass is 16.5. The third-order valence-electron chi connectivity index (χ3n) is 6.98. The Hall–Kier alpha value is -4.32. The van der Waals surface area contributed by atoms with Gasteiger partial charge in [-0.1, -0.05) is 63.2 Å². The number of esters is 1. The Labute approximate surface area is 243 Å². The van der Waals surface area contributed by atoms with E-state index >= 15 is 0 Å². The largest absolute Gasteiger partial charge is 0.491 e. The van der Waals surface area contributed by atoms with E-state index in [1.54, 1.807) is 25.1 Å². The number of amides is 1. The fourth-order valence-electron chi connectivity index (χ4n) is 4.67. The molecule has 0 aliphatic heterocycles. The van der Waals surface area contributed by atoms with Crippen molar-refractivity contribution >= 4 is 34.0 Å². The predicted octanol–water partition coefficient (Wildman–Crippen LogP) is 7.75. The second-order valence-corrected chi connectivity index (χ2v) is 11.2. The highest BCUT2D eigenvalue weighted by Crippen LogP contribution is 2.27. The summed E-state index contributed by atoms with van der Waals surface area (Å²) >= 11 is 0. The molecule has 0 saturated carbocycles. The molecule has 1 N–H and O–H groups in total. The fourth-order valence-corrected chi connectivity index (χ4v) is 4.67. The fraction of sp³-hybridized carbons (Fsp3) is 0.314. The molecule has 4 aromatic rings. The van der Waals surface area contributed by atoms with Crippen LogP contribution in [-0.4, -0.2) is 29.7 Å². The van der Waals surface area contributed by atoms with Crippen molar-refractivity contribution in [1.29, 1.82) is 0 Å².